The lowest BCUT2D eigenvalue weighted by Gasteiger charge is -2.28. The van der Waals surface area contributed by atoms with Gasteiger partial charge in [0.1, 0.15) is 25.0 Å². The van der Waals surface area contributed by atoms with E-state index >= 15 is 0 Å². The lowest BCUT2D eigenvalue weighted by Crippen LogP contribution is -2.56. The first-order chi connectivity index (χ1) is 14.1. The van der Waals surface area contributed by atoms with E-state index in [0.717, 1.165) is 0 Å². The summed E-state index contributed by atoms with van der Waals surface area (Å²) in [5.41, 5.74) is 6.37. The molecule has 0 bridgehead atoms. The number of aliphatic carboxylic acids is 1. The van der Waals surface area contributed by atoms with Crippen molar-refractivity contribution in [1.29, 1.82) is 0 Å². The third kappa shape index (κ3) is 7.28. The molecule has 0 heterocycles. The number of nitrogens with one attached hydrogen (secondary N) is 1. The van der Waals surface area contributed by atoms with Gasteiger partial charge in [-0.15, -0.1) is 0 Å². The number of ether oxygens (including phenoxy) is 1. The van der Waals surface area contributed by atoms with Crippen molar-refractivity contribution in [2.75, 3.05) is 0 Å². The van der Waals surface area contributed by atoms with Crippen molar-refractivity contribution in [2.24, 2.45) is 11.7 Å². The maximum absolute atomic E-state index is 12.8. The molecule has 0 unspecified atom stereocenters. The van der Waals surface area contributed by atoms with Gasteiger partial charge in [-0.05, 0) is 18.4 Å². The molecule has 0 aliphatic rings. The zero-order chi connectivity index (χ0) is 22.8. The van der Waals surface area contributed by atoms with Gasteiger partial charge in [-0.25, -0.2) is 9.69 Å². The minimum atomic E-state index is -1.60. The van der Waals surface area contributed by atoms with Gasteiger partial charge < -0.3 is 25.7 Å². The van der Waals surface area contributed by atoms with E-state index in [-0.39, 0.29) is 18.8 Å². The first kappa shape index (κ1) is 24.8. The summed E-state index contributed by atoms with van der Waals surface area (Å²) in [5.74, 6) is -3.20. The molecule has 10 heteroatoms. The standard InChI is InChI=1S/C20H27N3O7/c1-12(2)17(21)18(27)22-13(3)19(28)23(15(10-24)9-16(25)26)20(29)30-11-14-7-5-4-6-8-14/h4-8,10,12-13,15,17H,9,11,21H2,1-3H3,(H,22,27)(H,25,26)/t13-,15-,17-/m0/s1. The molecule has 0 aromatic heterocycles. The zero-order valence-electron chi connectivity index (χ0n) is 17.1. The second-order valence-electron chi connectivity index (χ2n) is 7.05. The average molecular weight is 421 g/mol. The molecular formula is C20H27N3O7. The highest BCUT2D eigenvalue weighted by Gasteiger charge is 2.36. The molecule has 0 spiro atoms. The van der Waals surface area contributed by atoms with Gasteiger partial charge in [0.05, 0.1) is 12.5 Å². The highest BCUT2D eigenvalue weighted by Crippen LogP contribution is 2.11. The molecule has 164 valence electrons. The predicted octanol–water partition coefficient (Wildman–Crippen LogP) is 0.682. The molecule has 1 aromatic carbocycles. The minimum absolute atomic E-state index is 0.171. The van der Waals surface area contributed by atoms with E-state index in [1.807, 2.05) is 0 Å². The molecule has 1 rings (SSSR count). The van der Waals surface area contributed by atoms with Crippen molar-refractivity contribution in [3.05, 3.63) is 35.9 Å². The van der Waals surface area contributed by atoms with Crippen molar-refractivity contribution in [3.63, 3.8) is 0 Å². The Morgan fingerprint density at radius 1 is 1.17 bits per heavy atom. The van der Waals surface area contributed by atoms with Crippen LogP contribution in [0.25, 0.3) is 0 Å². The SMILES string of the molecule is CC(C)[C@H](N)C(=O)N[C@@H](C)C(=O)N(C(=O)OCc1ccccc1)[C@H](C=O)CC(=O)O. The number of carboxylic acids is 1. The highest BCUT2D eigenvalue weighted by atomic mass is 16.6. The van der Waals surface area contributed by atoms with E-state index in [9.17, 15) is 24.0 Å². The van der Waals surface area contributed by atoms with Crippen molar-refractivity contribution in [1.82, 2.24) is 10.2 Å². The maximum atomic E-state index is 12.8. The van der Waals surface area contributed by atoms with Crippen LogP contribution in [0.4, 0.5) is 4.79 Å². The molecular weight excluding hydrogens is 394 g/mol. The summed E-state index contributed by atoms with van der Waals surface area (Å²) in [4.78, 5) is 60.4. The first-order valence-electron chi connectivity index (χ1n) is 9.35. The molecule has 1 aromatic rings. The largest absolute Gasteiger partial charge is 0.481 e. The van der Waals surface area contributed by atoms with Crippen LogP contribution in [0.3, 0.4) is 0 Å². The summed E-state index contributed by atoms with van der Waals surface area (Å²) in [7, 11) is 0. The zero-order valence-corrected chi connectivity index (χ0v) is 17.1. The number of imide groups is 1. The number of aldehydes is 1. The second-order valence-corrected chi connectivity index (χ2v) is 7.05. The number of benzene rings is 1. The van der Waals surface area contributed by atoms with Crippen molar-refractivity contribution in [3.8, 4) is 0 Å². The molecule has 3 amide bonds. The lowest BCUT2D eigenvalue weighted by molar-refractivity contribution is -0.143. The number of carbonyl (C=O) groups excluding carboxylic acids is 4. The first-order valence-corrected chi connectivity index (χ1v) is 9.35. The van der Waals surface area contributed by atoms with Gasteiger partial charge in [0.15, 0.2) is 0 Å². The van der Waals surface area contributed by atoms with Gasteiger partial charge >= 0.3 is 12.1 Å². The number of carbonyl (C=O) groups is 5. The van der Waals surface area contributed by atoms with Crippen molar-refractivity contribution >= 4 is 30.2 Å². The number of carboxylic acid groups (broad SMARTS) is 1. The topological polar surface area (TPSA) is 156 Å². The number of hydrogen-bond acceptors (Lipinski definition) is 7. The lowest BCUT2D eigenvalue weighted by atomic mass is 10.0. The molecule has 0 saturated heterocycles. The molecule has 10 nitrogen and oxygen atoms in total. The van der Waals surface area contributed by atoms with Gasteiger partial charge in [-0.1, -0.05) is 44.2 Å². The van der Waals surface area contributed by atoms with E-state index in [0.29, 0.717) is 10.5 Å². The smallest absolute Gasteiger partial charge is 0.417 e. The molecule has 30 heavy (non-hydrogen) atoms. The molecule has 0 fully saturated rings. The fourth-order valence-corrected chi connectivity index (χ4v) is 2.44. The summed E-state index contributed by atoms with van der Waals surface area (Å²) in [6.07, 6.45) is -1.83. The number of nitrogens with two attached hydrogens (primary N) is 1. The van der Waals surface area contributed by atoms with E-state index < -0.39 is 48.4 Å². The summed E-state index contributed by atoms with van der Waals surface area (Å²) < 4.78 is 5.09. The fourth-order valence-electron chi connectivity index (χ4n) is 2.44. The van der Waals surface area contributed by atoms with Gasteiger partial charge in [-0.3, -0.25) is 14.4 Å². The number of rotatable bonds is 10. The van der Waals surface area contributed by atoms with Gasteiger partial charge in [0.25, 0.3) is 5.91 Å². The van der Waals surface area contributed by atoms with Crippen LogP contribution < -0.4 is 11.1 Å². The predicted molar refractivity (Wildman–Crippen MR) is 106 cm³/mol. The molecule has 0 radical (unpaired) electrons. The second kappa shape index (κ2) is 11.7. The molecule has 0 aliphatic carbocycles. The average Bonchev–Trinajstić information content (AvgIpc) is 2.71. The van der Waals surface area contributed by atoms with Gasteiger partial charge in [0.2, 0.25) is 5.91 Å². The maximum Gasteiger partial charge on any atom is 0.417 e. The monoisotopic (exact) mass is 421 g/mol. The van der Waals surface area contributed by atoms with E-state index in [1.54, 1.807) is 44.2 Å². The molecule has 3 atom stereocenters. The fraction of sp³-hybridized carbons (Fsp3) is 0.450. The van der Waals surface area contributed by atoms with Crippen LogP contribution in [-0.4, -0.2) is 58.3 Å². The van der Waals surface area contributed by atoms with Crippen LogP contribution in [0.15, 0.2) is 30.3 Å². The normalized spacial score (nSPS) is 13.6. The number of hydrogen-bond donors (Lipinski definition) is 3. The summed E-state index contributed by atoms with van der Waals surface area (Å²) in [5, 5.41) is 11.4. The molecule has 0 saturated carbocycles. The number of amides is 3. The summed E-state index contributed by atoms with van der Waals surface area (Å²) in [6.45, 7) is 4.55. The van der Waals surface area contributed by atoms with Crippen LogP contribution in [0, 0.1) is 5.92 Å². The Kier molecular flexibility index (Phi) is 9.63. The van der Waals surface area contributed by atoms with E-state index in [2.05, 4.69) is 5.32 Å². The van der Waals surface area contributed by atoms with Crippen LogP contribution >= 0.6 is 0 Å². The molecule has 4 N–H and O–H groups in total. The Morgan fingerprint density at radius 3 is 2.27 bits per heavy atom. The molecule has 0 aliphatic heterocycles. The van der Waals surface area contributed by atoms with E-state index in [4.69, 9.17) is 15.6 Å². The minimum Gasteiger partial charge on any atom is -0.481 e. The van der Waals surface area contributed by atoms with Gasteiger partial charge in [-0.2, -0.15) is 0 Å². The number of nitrogens with zero attached hydrogens (tertiary/aromatic N) is 1. The van der Waals surface area contributed by atoms with Crippen molar-refractivity contribution in [2.45, 2.75) is 51.9 Å². The Balaban J connectivity index is 3.01. The Bertz CT molecular complexity index is 767. The summed E-state index contributed by atoms with van der Waals surface area (Å²) in [6, 6.07) is 4.84. The third-order valence-corrected chi connectivity index (χ3v) is 4.26. The Hall–Kier alpha value is -3.27. The Labute approximate surface area is 174 Å². The Morgan fingerprint density at radius 2 is 1.77 bits per heavy atom. The van der Waals surface area contributed by atoms with E-state index in [1.165, 1.54) is 6.92 Å². The summed E-state index contributed by atoms with van der Waals surface area (Å²) >= 11 is 0. The third-order valence-electron chi connectivity index (χ3n) is 4.26. The van der Waals surface area contributed by atoms with Gasteiger partial charge in [0, 0.05) is 0 Å². The van der Waals surface area contributed by atoms with Crippen LogP contribution in [0.1, 0.15) is 32.8 Å². The highest BCUT2D eigenvalue weighted by molar-refractivity contribution is 6.00. The quantitative estimate of drug-likeness (QED) is 0.466. The van der Waals surface area contributed by atoms with Crippen LogP contribution in [-0.2, 0) is 30.5 Å². The van der Waals surface area contributed by atoms with Crippen LogP contribution in [0.5, 0.6) is 0 Å². The van der Waals surface area contributed by atoms with Crippen LogP contribution in [0.2, 0.25) is 0 Å². The van der Waals surface area contributed by atoms with Crippen molar-refractivity contribution < 1.29 is 33.8 Å².